The molecule has 0 aromatic heterocycles. The summed E-state index contributed by atoms with van der Waals surface area (Å²) in [6.45, 7) is 0. The first-order valence-electron chi connectivity index (χ1n) is 0.428. The van der Waals surface area contributed by atoms with Crippen molar-refractivity contribution in [1.82, 2.24) is 0 Å². The predicted octanol–water partition coefficient (Wildman–Crippen LogP) is 0.00938. The van der Waals surface area contributed by atoms with Gasteiger partial charge in [0.2, 0.25) is 0 Å². The summed E-state index contributed by atoms with van der Waals surface area (Å²) >= 11 is 3.70. The van der Waals surface area contributed by atoms with Crippen molar-refractivity contribution in [2.75, 3.05) is 0 Å². The molecule has 4 heteroatoms. The van der Waals surface area contributed by atoms with Crippen LogP contribution in [-0.4, -0.2) is 0 Å². The van der Waals surface area contributed by atoms with Crippen LogP contribution in [0.15, 0.2) is 0 Å². The quantitative estimate of drug-likeness (QED) is 0.353. The smallest absolute Gasteiger partial charge is 0.696 e. The maximum Gasteiger partial charge on any atom is 1.00 e. The molecule has 0 saturated carbocycles. The Morgan fingerprint density at radius 1 is 1.60 bits per heavy atom. The van der Waals surface area contributed by atoms with Gasteiger partial charge < -0.3 is 12.6 Å². The topological polar surface area (TPSA) is 23.8 Å². The first kappa shape index (κ1) is 16.4. The Morgan fingerprint density at radius 3 is 1.60 bits per heavy atom. The number of thiocyanates is 1. The van der Waals surface area contributed by atoms with Crippen LogP contribution in [0.3, 0.4) is 0 Å². The molecule has 0 fully saturated rings. The van der Waals surface area contributed by atoms with Gasteiger partial charge in [-0.1, -0.05) is 5.40 Å². The summed E-state index contributed by atoms with van der Waals surface area (Å²) in [6, 6.07) is 0. The summed E-state index contributed by atoms with van der Waals surface area (Å²) in [5, 5.41) is 8.47. The van der Waals surface area contributed by atoms with Crippen LogP contribution in [0.1, 0.15) is 0 Å². The maximum absolute atomic E-state index is 7.13. The van der Waals surface area contributed by atoms with E-state index in [1.165, 1.54) is 5.40 Å². The Labute approximate surface area is 67.6 Å². The molecule has 0 aliphatic carbocycles. The van der Waals surface area contributed by atoms with Gasteiger partial charge in [-0.15, -0.1) is 0 Å². The standard InChI is InChI=1S/CHNS.2Ag/c2-1-3;;/h3H;;/q;;+1/p-1. The minimum absolute atomic E-state index is 0. The Morgan fingerprint density at radius 2 is 1.60 bits per heavy atom. The molecule has 0 atom stereocenters. The summed E-state index contributed by atoms with van der Waals surface area (Å²) in [5.41, 5.74) is 0. The molecule has 0 aliphatic heterocycles. The zero-order valence-corrected chi connectivity index (χ0v) is 5.74. The fourth-order valence-electron chi connectivity index (χ4n) is 0. The van der Waals surface area contributed by atoms with Crippen molar-refractivity contribution < 1.29 is 44.8 Å². The van der Waals surface area contributed by atoms with Crippen molar-refractivity contribution in [3.05, 3.63) is 0 Å². The van der Waals surface area contributed by atoms with Gasteiger partial charge in [0, 0.05) is 22.4 Å². The third-order valence-electron chi connectivity index (χ3n) is 0. The van der Waals surface area contributed by atoms with Crippen LogP contribution in [0.5, 0.6) is 0 Å². The van der Waals surface area contributed by atoms with Crippen LogP contribution >= 0.6 is 0 Å². The molecule has 0 aromatic carbocycles. The fourth-order valence-corrected chi connectivity index (χ4v) is 0. The van der Waals surface area contributed by atoms with Crippen molar-refractivity contribution in [3.8, 4) is 5.40 Å². The van der Waals surface area contributed by atoms with Gasteiger partial charge in [-0.05, 0) is 0 Å². The Hall–Kier alpha value is 1.19. The molecule has 1 radical (unpaired) electrons. The molecular formula is CAg2NS. The van der Waals surface area contributed by atoms with Crippen molar-refractivity contribution >= 4 is 12.6 Å². The average molecular weight is 274 g/mol. The van der Waals surface area contributed by atoms with Gasteiger partial charge >= 0.3 is 22.4 Å². The van der Waals surface area contributed by atoms with Crippen LogP contribution in [0.2, 0.25) is 0 Å². The molecule has 1 nitrogen and oxygen atoms in total. The van der Waals surface area contributed by atoms with E-state index in [0.29, 0.717) is 0 Å². The first-order valence-corrected chi connectivity index (χ1v) is 0.836. The molecule has 37 valence electrons. The molecule has 0 bridgehead atoms. The number of hydrogen-bond donors (Lipinski definition) is 0. The van der Waals surface area contributed by atoms with Crippen molar-refractivity contribution in [3.63, 3.8) is 0 Å². The Balaban J connectivity index is -0.0000000200. The van der Waals surface area contributed by atoms with E-state index in [0.717, 1.165) is 0 Å². The van der Waals surface area contributed by atoms with Crippen LogP contribution < -0.4 is 0 Å². The molecule has 5 heavy (non-hydrogen) atoms. The number of nitrogens with zero attached hydrogens (tertiary/aromatic N) is 1. The van der Waals surface area contributed by atoms with Crippen LogP contribution in [0.4, 0.5) is 0 Å². The largest absolute Gasteiger partial charge is 1.00 e. The van der Waals surface area contributed by atoms with E-state index in [-0.39, 0.29) is 44.8 Å². The SMILES string of the molecule is N#C[S-].[Ag+].[Ag]. The van der Waals surface area contributed by atoms with Gasteiger partial charge in [-0.2, -0.15) is 0 Å². The second-order valence-corrected chi connectivity index (χ2v) is 0.274. The number of rotatable bonds is 0. The minimum atomic E-state index is 0. The van der Waals surface area contributed by atoms with Gasteiger partial charge in [0.1, 0.15) is 0 Å². The average Bonchev–Trinajstić information content (AvgIpc) is 0.918. The van der Waals surface area contributed by atoms with Crippen molar-refractivity contribution in [1.29, 1.82) is 5.26 Å². The number of nitriles is 1. The number of hydrogen-bond acceptors (Lipinski definition) is 2. The molecule has 0 rings (SSSR count). The minimum Gasteiger partial charge on any atom is -0.696 e. The van der Waals surface area contributed by atoms with Gasteiger partial charge in [0.25, 0.3) is 0 Å². The van der Waals surface area contributed by atoms with Crippen molar-refractivity contribution in [2.24, 2.45) is 0 Å². The summed E-state index contributed by atoms with van der Waals surface area (Å²) in [7, 11) is 0. The maximum atomic E-state index is 7.13. The molecular weight excluding hydrogens is 274 g/mol. The predicted molar refractivity (Wildman–Crippen MR) is 13.0 cm³/mol. The van der Waals surface area contributed by atoms with E-state index < -0.39 is 0 Å². The monoisotopic (exact) mass is 272 g/mol. The van der Waals surface area contributed by atoms with Crippen LogP contribution in [0, 0.1) is 10.7 Å². The van der Waals surface area contributed by atoms with E-state index in [9.17, 15) is 0 Å². The van der Waals surface area contributed by atoms with E-state index in [1.807, 2.05) is 0 Å². The van der Waals surface area contributed by atoms with Gasteiger partial charge in [0.05, 0.1) is 0 Å². The zero-order chi connectivity index (χ0) is 2.71. The van der Waals surface area contributed by atoms with Crippen LogP contribution in [0.25, 0.3) is 0 Å². The molecule has 0 spiro atoms. The second kappa shape index (κ2) is 19.0. The van der Waals surface area contributed by atoms with Gasteiger partial charge in [-0.3, -0.25) is 0 Å². The van der Waals surface area contributed by atoms with Crippen molar-refractivity contribution in [2.45, 2.75) is 0 Å². The summed E-state index contributed by atoms with van der Waals surface area (Å²) in [5.74, 6) is 0. The summed E-state index contributed by atoms with van der Waals surface area (Å²) < 4.78 is 0. The van der Waals surface area contributed by atoms with E-state index in [1.54, 1.807) is 0 Å². The van der Waals surface area contributed by atoms with E-state index in [4.69, 9.17) is 5.26 Å². The second-order valence-electron chi connectivity index (χ2n) is 0.0913. The van der Waals surface area contributed by atoms with Crippen LogP contribution in [-0.2, 0) is 57.4 Å². The molecule has 0 aliphatic rings. The van der Waals surface area contributed by atoms with Gasteiger partial charge in [-0.25, -0.2) is 5.26 Å². The third kappa shape index (κ3) is 37.3. The van der Waals surface area contributed by atoms with Gasteiger partial charge in [0.15, 0.2) is 0 Å². The molecule has 0 aromatic rings. The molecule has 0 unspecified atom stereocenters. The molecule has 0 heterocycles. The normalized spacial score (nSPS) is 1.40. The molecule has 0 amide bonds. The summed E-state index contributed by atoms with van der Waals surface area (Å²) in [6.07, 6.45) is 0. The van der Waals surface area contributed by atoms with E-state index in [2.05, 4.69) is 12.6 Å². The fraction of sp³-hybridized carbons (Fsp3) is 0. The Bertz CT molecular complexity index is 31.1. The Kier molecular flexibility index (Phi) is 62.2. The first-order chi connectivity index (χ1) is 1.41. The summed E-state index contributed by atoms with van der Waals surface area (Å²) in [4.78, 5) is 0. The third-order valence-corrected chi connectivity index (χ3v) is 0. The molecule has 0 saturated heterocycles. The zero-order valence-electron chi connectivity index (χ0n) is 1.96. The molecule has 0 N–H and O–H groups in total. The van der Waals surface area contributed by atoms with E-state index >= 15 is 0 Å².